The van der Waals surface area contributed by atoms with Crippen LogP contribution in [0.15, 0.2) is 0 Å². The second-order valence-electron chi connectivity index (χ2n) is 5.23. The predicted octanol–water partition coefficient (Wildman–Crippen LogP) is 1.82. The van der Waals surface area contributed by atoms with Gasteiger partial charge in [-0.2, -0.15) is 0 Å². The maximum absolute atomic E-state index is 11.8. The summed E-state index contributed by atoms with van der Waals surface area (Å²) in [5, 5.41) is 3.49. The molecule has 2 fully saturated rings. The highest BCUT2D eigenvalue weighted by Crippen LogP contribution is 2.41. The van der Waals surface area contributed by atoms with E-state index in [2.05, 4.69) is 12.2 Å². The van der Waals surface area contributed by atoms with Crippen molar-refractivity contribution < 1.29 is 9.53 Å². The van der Waals surface area contributed by atoms with Crippen molar-refractivity contribution in [3.05, 3.63) is 0 Å². The minimum atomic E-state index is 0.00583. The first-order valence-electron chi connectivity index (χ1n) is 6.61. The highest BCUT2D eigenvalue weighted by molar-refractivity contribution is 5.72. The number of ether oxygens (including phenoxy) is 1. The lowest BCUT2D eigenvalue weighted by Crippen LogP contribution is -2.49. The standard InChI is InChI=1S/C13H23NO2/c1-3-16-13(15)9(2)12-10-5-4-6-11(12)8-14-7-10/h9-12,14H,3-8H2,1-2H3. The van der Waals surface area contributed by atoms with Gasteiger partial charge in [0.05, 0.1) is 12.5 Å². The largest absolute Gasteiger partial charge is 0.466 e. The van der Waals surface area contributed by atoms with Gasteiger partial charge in [0.1, 0.15) is 0 Å². The maximum atomic E-state index is 11.8. The zero-order valence-corrected chi connectivity index (χ0v) is 10.4. The highest BCUT2D eigenvalue weighted by atomic mass is 16.5. The van der Waals surface area contributed by atoms with E-state index >= 15 is 0 Å². The Kier molecular flexibility index (Phi) is 3.85. The van der Waals surface area contributed by atoms with Crippen LogP contribution in [0.2, 0.25) is 0 Å². The van der Waals surface area contributed by atoms with E-state index in [1.54, 1.807) is 0 Å². The summed E-state index contributed by atoms with van der Waals surface area (Å²) in [5.41, 5.74) is 0. The van der Waals surface area contributed by atoms with Crippen LogP contribution in [0.3, 0.4) is 0 Å². The topological polar surface area (TPSA) is 38.3 Å². The molecule has 3 atom stereocenters. The van der Waals surface area contributed by atoms with E-state index in [0.29, 0.717) is 24.4 Å². The van der Waals surface area contributed by atoms with Gasteiger partial charge >= 0.3 is 5.97 Å². The summed E-state index contributed by atoms with van der Waals surface area (Å²) in [7, 11) is 0. The average molecular weight is 225 g/mol. The molecule has 0 aromatic rings. The van der Waals surface area contributed by atoms with Crippen LogP contribution in [0, 0.1) is 23.7 Å². The summed E-state index contributed by atoms with van der Waals surface area (Å²) in [4.78, 5) is 11.8. The molecule has 0 aromatic heterocycles. The maximum Gasteiger partial charge on any atom is 0.308 e. The molecule has 2 rings (SSSR count). The summed E-state index contributed by atoms with van der Waals surface area (Å²) < 4.78 is 5.16. The third kappa shape index (κ3) is 2.24. The summed E-state index contributed by atoms with van der Waals surface area (Å²) in [6.07, 6.45) is 3.89. The van der Waals surface area contributed by atoms with Crippen molar-refractivity contribution in [2.24, 2.45) is 23.7 Å². The van der Waals surface area contributed by atoms with E-state index in [1.807, 2.05) is 6.92 Å². The molecule has 3 unspecified atom stereocenters. The lowest BCUT2D eigenvalue weighted by atomic mass is 9.65. The second kappa shape index (κ2) is 5.17. The molecule has 2 aliphatic rings. The van der Waals surface area contributed by atoms with E-state index in [-0.39, 0.29) is 11.9 Å². The molecular formula is C13H23NO2. The minimum absolute atomic E-state index is 0.00583. The van der Waals surface area contributed by atoms with Crippen molar-refractivity contribution in [1.29, 1.82) is 0 Å². The lowest BCUT2D eigenvalue weighted by molar-refractivity contribution is -0.152. The minimum Gasteiger partial charge on any atom is -0.466 e. The van der Waals surface area contributed by atoms with Crippen molar-refractivity contribution in [3.63, 3.8) is 0 Å². The molecule has 0 spiro atoms. The van der Waals surface area contributed by atoms with Gasteiger partial charge in [0.25, 0.3) is 0 Å². The van der Waals surface area contributed by atoms with Gasteiger partial charge in [-0.05, 0) is 50.6 Å². The predicted molar refractivity (Wildman–Crippen MR) is 63.0 cm³/mol. The molecule has 16 heavy (non-hydrogen) atoms. The fraction of sp³-hybridized carbons (Fsp3) is 0.923. The van der Waals surface area contributed by atoms with Crippen molar-refractivity contribution >= 4 is 5.97 Å². The SMILES string of the molecule is CCOC(=O)C(C)C1C2CCCC1CNC2. The number of carbonyl (C=O) groups is 1. The van der Waals surface area contributed by atoms with E-state index in [0.717, 1.165) is 13.1 Å². The first-order chi connectivity index (χ1) is 7.74. The van der Waals surface area contributed by atoms with Crippen molar-refractivity contribution in [1.82, 2.24) is 5.32 Å². The molecule has 0 radical (unpaired) electrons. The molecule has 1 aliphatic heterocycles. The van der Waals surface area contributed by atoms with Crippen LogP contribution in [0.25, 0.3) is 0 Å². The van der Waals surface area contributed by atoms with E-state index < -0.39 is 0 Å². The monoisotopic (exact) mass is 225 g/mol. The summed E-state index contributed by atoms with van der Waals surface area (Å²) in [6, 6.07) is 0. The van der Waals surface area contributed by atoms with Crippen molar-refractivity contribution in [2.45, 2.75) is 33.1 Å². The zero-order chi connectivity index (χ0) is 11.5. The van der Waals surface area contributed by atoms with Crippen LogP contribution >= 0.6 is 0 Å². The summed E-state index contributed by atoms with van der Waals surface area (Å²) in [5.74, 6) is 2.01. The molecule has 92 valence electrons. The lowest BCUT2D eigenvalue weighted by Gasteiger charge is -2.45. The molecule has 1 heterocycles. The van der Waals surface area contributed by atoms with Gasteiger partial charge in [-0.3, -0.25) is 4.79 Å². The molecule has 1 saturated carbocycles. The Bertz CT molecular complexity index is 232. The first-order valence-corrected chi connectivity index (χ1v) is 6.61. The Labute approximate surface area is 97.9 Å². The van der Waals surface area contributed by atoms with Gasteiger partial charge in [0.15, 0.2) is 0 Å². The normalized spacial score (nSPS) is 35.5. The van der Waals surface area contributed by atoms with Crippen molar-refractivity contribution in [3.8, 4) is 0 Å². The van der Waals surface area contributed by atoms with Crippen LogP contribution in [0.4, 0.5) is 0 Å². The average Bonchev–Trinajstić information content (AvgIpc) is 2.27. The van der Waals surface area contributed by atoms with Gasteiger partial charge in [-0.15, -0.1) is 0 Å². The number of esters is 1. The van der Waals surface area contributed by atoms with Gasteiger partial charge in [0.2, 0.25) is 0 Å². The molecular weight excluding hydrogens is 202 g/mol. The molecule has 3 nitrogen and oxygen atoms in total. The fourth-order valence-electron chi connectivity index (χ4n) is 3.59. The highest BCUT2D eigenvalue weighted by Gasteiger charge is 2.41. The molecule has 2 bridgehead atoms. The Morgan fingerprint density at radius 2 is 2.00 bits per heavy atom. The summed E-state index contributed by atoms with van der Waals surface area (Å²) in [6.45, 7) is 6.62. The number of piperidine rings is 1. The van der Waals surface area contributed by atoms with Crippen molar-refractivity contribution in [2.75, 3.05) is 19.7 Å². The molecule has 1 N–H and O–H groups in total. The van der Waals surface area contributed by atoms with Crippen LogP contribution in [0.1, 0.15) is 33.1 Å². The Hall–Kier alpha value is -0.570. The fourth-order valence-corrected chi connectivity index (χ4v) is 3.59. The number of nitrogens with one attached hydrogen (secondary N) is 1. The summed E-state index contributed by atoms with van der Waals surface area (Å²) >= 11 is 0. The van der Waals surface area contributed by atoms with Gasteiger partial charge < -0.3 is 10.1 Å². The van der Waals surface area contributed by atoms with Gasteiger partial charge in [0, 0.05) is 0 Å². The first kappa shape index (κ1) is 11.9. The Morgan fingerprint density at radius 1 is 1.38 bits per heavy atom. The van der Waals surface area contributed by atoms with Crippen LogP contribution in [-0.4, -0.2) is 25.7 Å². The van der Waals surface area contributed by atoms with Crippen LogP contribution in [0.5, 0.6) is 0 Å². The number of fused-ring (bicyclic) bond motifs is 2. The third-order valence-corrected chi connectivity index (χ3v) is 4.29. The molecule has 1 aliphatic carbocycles. The Balaban J connectivity index is 2.03. The van der Waals surface area contributed by atoms with Gasteiger partial charge in [-0.1, -0.05) is 13.3 Å². The molecule has 0 amide bonds. The van der Waals surface area contributed by atoms with E-state index in [9.17, 15) is 4.79 Å². The van der Waals surface area contributed by atoms with E-state index in [4.69, 9.17) is 4.74 Å². The van der Waals surface area contributed by atoms with E-state index in [1.165, 1.54) is 19.3 Å². The number of hydrogen-bond acceptors (Lipinski definition) is 3. The quantitative estimate of drug-likeness (QED) is 0.745. The third-order valence-electron chi connectivity index (χ3n) is 4.29. The number of carbonyl (C=O) groups excluding carboxylic acids is 1. The zero-order valence-electron chi connectivity index (χ0n) is 10.4. The molecule has 3 heteroatoms. The smallest absolute Gasteiger partial charge is 0.308 e. The molecule has 0 aromatic carbocycles. The Morgan fingerprint density at radius 3 is 2.56 bits per heavy atom. The van der Waals surface area contributed by atoms with Crippen LogP contribution < -0.4 is 5.32 Å². The van der Waals surface area contributed by atoms with Crippen LogP contribution in [-0.2, 0) is 9.53 Å². The van der Waals surface area contributed by atoms with Gasteiger partial charge in [-0.25, -0.2) is 0 Å². The number of hydrogen-bond donors (Lipinski definition) is 1. The second-order valence-corrected chi connectivity index (χ2v) is 5.23. The molecule has 1 saturated heterocycles. The number of rotatable bonds is 3.